The predicted octanol–water partition coefficient (Wildman–Crippen LogP) is 2.95. The lowest BCUT2D eigenvalue weighted by Gasteiger charge is -2.13. The Bertz CT molecular complexity index is 436. The van der Waals surface area contributed by atoms with Gasteiger partial charge in [0.1, 0.15) is 5.01 Å². The van der Waals surface area contributed by atoms with Crippen molar-refractivity contribution in [3.8, 4) is 0 Å². The molecular weight excluding hydrogens is 216 g/mol. The standard InChI is InChI=1S/C13H16N2S/c1-10-9-16-13(15-10)12(14-2)8-11-6-4-3-5-7-11/h3-7,9,12,14H,8H2,1-2H3. The first-order valence-electron chi connectivity index (χ1n) is 5.43. The van der Waals surface area contributed by atoms with Crippen LogP contribution in [0.4, 0.5) is 0 Å². The molecule has 1 unspecified atom stereocenters. The third kappa shape index (κ3) is 2.68. The van der Waals surface area contributed by atoms with Crippen molar-refractivity contribution in [2.75, 3.05) is 7.05 Å². The Hall–Kier alpha value is -1.19. The molecule has 16 heavy (non-hydrogen) atoms. The Morgan fingerprint density at radius 2 is 2.06 bits per heavy atom. The van der Waals surface area contributed by atoms with Crippen LogP contribution in [0.15, 0.2) is 35.7 Å². The van der Waals surface area contributed by atoms with Crippen LogP contribution in [0.3, 0.4) is 0 Å². The summed E-state index contributed by atoms with van der Waals surface area (Å²) in [6, 6.07) is 10.8. The minimum atomic E-state index is 0.320. The van der Waals surface area contributed by atoms with Crippen molar-refractivity contribution in [1.29, 1.82) is 0 Å². The highest BCUT2D eigenvalue weighted by Gasteiger charge is 2.13. The lowest BCUT2D eigenvalue weighted by Crippen LogP contribution is -2.18. The number of nitrogens with zero attached hydrogens (tertiary/aromatic N) is 1. The van der Waals surface area contributed by atoms with Crippen molar-refractivity contribution in [3.63, 3.8) is 0 Å². The van der Waals surface area contributed by atoms with Crippen molar-refractivity contribution in [2.24, 2.45) is 0 Å². The number of hydrogen-bond acceptors (Lipinski definition) is 3. The fourth-order valence-corrected chi connectivity index (χ4v) is 2.60. The van der Waals surface area contributed by atoms with Crippen LogP contribution >= 0.6 is 11.3 Å². The van der Waals surface area contributed by atoms with Gasteiger partial charge in [-0.05, 0) is 26.0 Å². The van der Waals surface area contributed by atoms with Gasteiger partial charge in [0.05, 0.1) is 6.04 Å². The molecule has 0 saturated carbocycles. The quantitative estimate of drug-likeness (QED) is 0.876. The highest BCUT2D eigenvalue weighted by Crippen LogP contribution is 2.21. The molecule has 2 nitrogen and oxygen atoms in total. The molecule has 0 spiro atoms. The fourth-order valence-electron chi connectivity index (χ4n) is 1.69. The zero-order valence-corrected chi connectivity index (χ0v) is 10.4. The normalized spacial score (nSPS) is 12.6. The minimum Gasteiger partial charge on any atom is -0.311 e. The summed E-state index contributed by atoms with van der Waals surface area (Å²) in [6.07, 6.45) is 0.990. The van der Waals surface area contributed by atoms with E-state index < -0.39 is 0 Å². The van der Waals surface area contributed by atoms with Crippen LogP contribution in [0.1, 0.15) is 22.3 Å². The summed E-state index contributed by atoms with van der Waals surface area (Å²) < 4.78 is 0. The molecule has 0 amide bonds. The van der Waals surface area contributed by atoms with E-state index in [2.05, 4.69) is 39.9 Å². The van der Waals surface area contributed by atoms with Gasteiger partial charge < -0.3 is 5.32 Å². The SMILES string of the molecule is CNC(Cc1ccccc1)c1nc(C)cs1. The third-order valence-electron chi connectivity index (χ3n) is 2.57. The van der Waals surface area contributed by atoms with Crippen molar-refractivity contribution in [3.05, 3.63) is 52.0 Å². The van der Waals surface area contributed by atoms with Gasteiger partial charge in [0.2, 0.25) is 0 Å². The van der Waals surface area contributed by atoms with Crippen LogP contribution in [0.5, 0.6) is 0 Å². The van der Waals surface area contributed by atoms with E-state index in [0.29, 0.717) is 6.04 Å². The molecule has 1 aromatic heterocycles. The second kappa shape index (κ2) is 5.23. The summed E-state index contributed by atoms with van der Waals surface area (Å²) in [5.74, 6) is 0. The Morgan fingerprint density at radius 1 is 1.31 bits per heavy atom. The molecule has 0 fully saturated rings. The van der Waals surface area contributed by atoms with Gasteiger partial charge in [-0.25, -0.2) is 4.98 Å². The fraction of sp³-hybridized carbons (Fsp3) is 0.308. The van der Waals surface area contributed by atoms with Crippen molar-refractivity contribution < 1.29 is 0 Å². The van der Waals surface area contributed by atoms with Crippen LogP contribution in [0, 0.1) is 6.92 Å². The Morgan fingerprint density at radius 3 is 2.62 bits per heavy atom. The van der Waals surface area contributed by atoms with Gasteiger partial charge in [-0.3, -0.25) is 0 Å². The summed E-state index contributed by atoms with van der Waals surface area (Å²) in [5, 5.41) is 6.60. The largest absolute Gasteiger partial charge is 0.311 e. The zero-order chi connectivity index (χ0) is 11.4. The van der Waals surface area contributed by atoms with E-state index in [9.17, 15) is 0 Å². The van der Waals surface area contributed by atoms with E-state index in [1.165, 1.54) is 10.6 Å². The van der Waals surface area contributed by atoms with Gasteiger partial charge in [0.15, 0.2) is 0 Å². The maximum absolute atomic E-state index is 4.53. The molecule has 0 aliphatic carbocycles. The number of nitrogens with one attached hydrogen (secondary N) is 1. The lowest BCUT2D eigenvalue weighted by molar-refractivity contribution is 0.587. The molecule has 1 aromatic carbocycles. The van der Waals surface area contributed by atoms with Crippen LogP contribution in [0.25, 0.3) is 0 Å². The second-order valence-electron chi connectivity index (χ2n) is 3.86. The smallest absolute Gasteiger partial charge is 0.110 e. The number of hydrogen-bond donors (Lipinski definition) is 1. The highest BCUT2D eigenvalue weighted by atomic mass is 32.1. The van der Waals surface area contributed by atoms with Crippen LogP contribution < -0.4 is 5.32 Å². The summed E-state index contributed by atoms with van der Waals surface area (Å²) in [6.45, 7) is 2.04. The van der Waals surface area contributed by atoms with E-state index >= 15 is 0 Å². The Labute approximate surface area is 100 Å². The zero-order valence-electron chi connectivity index (χ0n) is 9.60. The molecular formula is C13H16N2S. The summed E-state index contributed by atoms with van der Waals surface area (Å²) in [7, 11) is 1.99. The van der Waals surface area contributed by atoms with Gasteiger partial charge >= 0.3 is 0 Å². The molecule has 1 heterocycles. The van der Waals surface area contributed by atoms with Gasteiger partial charge in [0, 0.05) is 11.1 Å². The topological polar surface area (TPSA) is 24.9 Å². The maximum atomic E-state index is 4.53. The van der Waals surface area contributed by atoms with Gasteiger partial charge in [-0.1, -0.05) is 30.3 Å². The Kier molecular flexibility index (Phi) is 3.70. The number of aromatic nitrogens is 1. The average Bonchev–Trinajstić information content (AvgIpc) is 2.74. The second-order valence-corrected chi connectivity index (χ2v) is 4.75. The first kappa shape index (κ1) is 11.3. The van der Waals surface area contributed by atoms with Gasteiger partial charge in [0.25, 0.3) is 0 Å². The molecule has 0 bridgehead atoms. The lowest BCUT2D eigenvalue weighted by atomic mass is 10.1. The monoisotopic (exact) mass is 232 g/mol. The number of benzene rings is 1. The molecule has 0 saturated heterocycles. The van der Waals surface area contributed by atoms with E-state index in [4.69, 9.17) is 0 Å². The van der Waals surface area contributed by atoms with Gasteiger partial charge in [-0.2, -0.15) is 0 Å². The third-order valence-corrected chi connectivity index (χ3v) is 3.64. The van der Waals surface area contributed by atoms with Gasteiger partial charge in [-0.15, -0.1) is 11.3 Å². The van der Waals surface area contributed by atoms with E-state index in [-0.39, 0.29) is 0 Å². The average molecular weight is 232 g/mol. The molecule has 1 N–H and O–H groups in total. The molecule has 0 aliphatic rings. The number of thiazole rings is 1. The molecule has 0 aliphatic heterocycles. The van der Waals surface area contributed by atoms with Crippen molar-refractivity contribution >= 4 is 11.3 Å². The van der Waals surface area contributed by atoms with Crippen LogP contribution in [0.2, 0.25) is 0 Å². The number of likely N-dealkylation sites (N-methyl/N-ethyl adjacent to an activating group) is 1. The molecule has 3 heteroatoms. The molecule has 84 valence electrons. The summed E-state index contributed by atoms with van der Waals surface area (Å²) in [5.41, 5.74) is 2.45. The van der Waals surface area contributed by atoms with Crippen LogP contribution in [-0.4, -0.2) is 12.0 Å². The van der Waals surface area contributed by atoms with E-state index in [1.807, 2.05) is 20.0 Å². The van der Waals surface area contributed by atoms with E-state index in [1.54, 1.807) is 11.3 Å². The van der Waals surface area contributed by atoms with E-state index in [0.717, 1.165) is 12.1 Å². The Balaban J connectivity index is 2.12. The molecule has 1 atom stereocenters. The molecule has 2 aromatic rings. The maximum Gasteiger partial charge on any atom is 0.110 e. The van der Waals surface area contributed by atoms with Crippen LogP contribution in [-0.2, 0) is 6.42 Å². The first-order chi connectivity index (χ1) is 7.79. The number of aryl methyl sites for hydroxylation is 1. The van der Waals surface area contributed by atoms with Crippen molar-refractivity contribution in [2.45, 2.75) is 19.4 Å². The first-order valence-corrected chi connectivity index (χ1v) is 6.31. The summed E-state index contributed by atoms with van der Waals surface area (Å²) >= 11 is 1.73. The predicted molar refractivity (Wildman–Crippen MR) is 68.8 cm³/mol. The molecule has 0 radical (unpaired) electrons. The minimum absolute atomic E-state index is 0.320. The summed E-state index contributed by atoms with van der Waals surface area (Å²) in [4.78, 5) is 4.53. The van der Waals surface area contributed by atoms with Crippen molar-refractivity contribution in [1.82, 2.24) is 10.3 Å². The highest BCUT2D eigenvalue weighted by molar-refractivity contribution is 7.09. The number of rotatable bonds is 4. The molecule has 2 rings (SSSR count).